The first-order chi connectivity index (χ1) is 7.78. The third-order valence-corrected chi connectivity index (χ3v) is 2.19. The van der Waals surface area contributed by atoms with Crippen molar-refractivity contribution >= 4 is 5.96 Å². The third-order valence-electron chi connectivity index (χ3n) is 2.19. The van der Waals surface area contributed by atoms with E-state index in [1.54, 1.807) is 12.1 Å². The summed E-state index contributed by atoms with van der Waals surface area (Å²) in [6.45, 7) is 7.96. The fraction of sp³-hybridized carbons (Fsp3) is 0.462. The largest absolute Gasteiger partial charge is 0.370 e. The molecule has 94 valence electrons. The zero-order chi connectivity index (χ0) is 13.1. The van der Waals surface area contributed by atoms with Gasteiger partial charge in [-0.15, -0.1) is 0 Å². The van der Waals surface area contributed by atoms with Crippen molar-refractivity contribution in [1.29, 1.82) is 0 Å². The van der Waals surface area contributed by atoms with E-state index < -0.39 is 0 Å². The Hall–Kier alpha value is -1.58. The molecule has 0 aromatic heterocycles. The molecular formula is C13H20FN3. The van der Waals surface area contributed by atoms with Crippen molar-refractivity contribution in [2.24, 2.45) is 10.7 Å². The van der Waals surface area contributed by atoms with Gasteiger partial charge in [-0.2, -0.15) is 0 Å². The molecule has 0 aliphatic carbocycles. The maximum atomic E-state index is 12.8. The Balaban J connectivity index is 2.74. The Bertz CT molecular complexity index is 390. The minimum absolute atomic E-state index is 0.0922. The molecule has 1 aromatic carbocycles. The molecule has 0 aliphatic rings. The molecule has 0 heterocycles. The van der Waals surface area contributed by atoms with Gasteiger partial charge in [0.15, 0.2) is 5.96 Å². The van der Waals surface area contributed by atoms with E-state index in [2.05, 4.69) is 10.3 Å². The van der Waals surface area contributed by atoms with E-state index in [-0.39, 0.29) is 17.4 Å². The van der Waals surface area contributed by atoms with Gasteiger partial charge in [-0.1, -0.05) is 12.1 Å². The first kappa shape index (κ1) is 13.5. The second-order valence-electron chi connectivity index (χ2n) is 5.12. The highest BCUT2D eigenvalue weighted by Gasteiger charge is 2.11. The van der Waals surface area contributed by atoms with Crippen molar-refractivity contribution in [1.82, 2.24) is 5.32 Å². The van der Waals surface area contributed by atoms with E-state index in [0.717, 1.165) is 5.56 Å². The van der Waals surface area contributed by atoms with Crippen LogP contribution in [0.15, 0.2) is 29.3 Å². The summed E-state index contributed by atoms with van der Waals surface area (Å²) in [5, 5.41) is 3.08. The molecule has 1 unspecified atom stereocenters. The van der Waals surface area contributed by atoms with Crippen LogP contribution in [-0.2, 0) is 0 Å². The van der Waals surface area contributed by atoms with Crippen LogP contribution in [0.2, 0.25) is 0 Å². The molecule has 0 amide bonds. The SMILES string of the molecule is CC(N=C(N)NC(C)(C)C)c1ccc(F)cc1. The van der Waals surface area contributed by atoms with E-state index >= 15 is 0 Å². The minimum Gasteiger partial charge on any atom is -0.370 e. The Labute approximate surface area is 102 Å². The van der Waals surface area contributed by atoms with Crippen LogP contribution < -0.4 is 11.1 Å². The fourth-order valence-corrected chi connectivity index (χ4v) is 1.44. The number of aliphatic imine (C=N–C) groups is 1. The predicted octanol–water partition coefficient (Wildman–Crippen LogP) is 2.59. The van der Waals surface area contributed by atoms with Crippen molar-refractivity contribution in [2.75, 3.05) is 0 Å². The number of hydrogen-bond donors (Lipinski definition) is 2. The molecule has 4 heteroatoms. The van der Waals surface area contributed by atoms with Crippen LogP contribution in [0.5, 0.6) is 0 Å². The van der Waals surface area contributed by atoms with E-state index in [4.69, 9.17) is 5.73 Å². The van der Waals surface area contributed by atoms with Gasteiger partial charge in [0, 0.05) is 5.54 Å². The maximum Gasteiger partial charge on any atom is 0.189 e. The van der Waals surface area contributed by atoms with Gasteiger partial charge in [-0.25, -0.2) is 9.38 Å². The topological polar surface area (TPSA) is 50.4 Å². The van der Waals surface area contributed by atoms with Gasteiger partial charge >= 0.3 is 0 Å². The van der Waals surface area contributed by atoms with Crippen LogP contribution >= 0.6 is 0 Å². The lowest BCUT2D eigenvalue weighted by molar-refractivity contribution is 0.507. The summed E-state index contributed by atoms with van der Waals surface area (Å²) in [5.41, 5.74) is 6.61. The van der Waals surface area contributed by atoms with Crippen LogP contribution in [0, 0.1) is 5.82 Å². The van der Waals surface area contributed by atoms with Gasteiger partial charge in [0.05, 0.1) is 6.04 Å². The molecule has 0 saturated heterocycles. The molecular weight excluding hydrogens is 217 g/mol. The minimum atomic E-state index is -0.245. The van der Waals surface area contributed by atoms with Crippen LogP contribution in [-0.4, -0.2) is 11.5 Å². The number of halogens is 1. The van der Waals surface area contributed by atoms with Gasteiger partial charge in [-0.05, 0) is 45.4 Å². The summed E-state index contributed by atoms with van der Waals surface area (Å²) in [5.74, 6) is 0.153. The van der Waals surface area contributed by atoms with Crippen molar-refractivity contribution in [3.63, 3.8) is 0 Å². The van der Waals surface area contributed by atoms with Crippen LogP contribution in [0.3, 0.4) is 0 Å². The standard InChI is InChI=1S/C13H20FN3/c1-9(10-5-7-11(14)8-6-10)16-12(15)17-13(2,3)4/h5-9H,1-4H3,(H3,15,16,17). The number of guanidine groups is 1. The molecule has 17 heavy (non-hydrogen) atoms. The van der Waals surface area contributed by atoms with Gasteiger partial charge in [-0.3, -0.25) is 0 Å². The second kappa shape index (κ2) is 5.17. The highest BCUT2D eigenvalue weighted by molar-refractivity contribution is 5.78. The number of nitrogens with zero attached hydrogens (tertiary/aromatic N) is 1. The molecule has 3 nitrogen and oxygen atoms in total. The lowest BCUT2D eigenvalue weighted by Crippen LogP contribution is -2.45. The molecule has 1 aromatic rings. The Kier molecular flexibility index (Phi) is 4.10. The second-order valence-corrected chi connectivity index (χ2v) is 5.12. The molecule has 0 saturated carbocycles. The number of rotatable bonds is 2. The fourth-order valence-electron chi connectivity index (χ4n) is 1.44. The zero-order valence-corrected chi connectivity index (χ0v) is 10.8. The number of hydrogen-bond acceptors (Lipinski definition) is 1. The number of benzene rings is 1. The Morgan fingerprint density at radius 2 is 1.82 bits per heavy atom. The van der Waals surface area contributed by atoms with Gasteiger partial charge < -0.3 is 11.1 Å². The maximum absolute atomic E-state index is 12.8. The molecule has 3 N–H and O–H groups in total. The van der Waals surface area contributed by atoms with Gasteiger partial charge in [0.2, 0.25) is 0 Å². The summed E-state index contributed by atoms with van der Waals surface area (Å²) < 4.78 is 12.8. The Morgan fingerprint density at radius 3 is 2.29 bits per heavy atom. The summed E-state index contributed by atoms with van der Waals surface area (Å²) in [6.07, 6.45) is 0. The van der Waals surface area contributed by atoms with Crippen molar-refractivity contribution in [3.8, 4) is 0 Å². The first-order valence-electron chi connectivity index (χ1n) is 5.65. The van der Waals surface area contributed by atoms with Crippen LogP contribution in [0.25, 0.3) is 0 Å². The van der Waals surface area contributed by atoms with E-state index in [0.29, 0.717) is 5.96 Å². The molecule has 0 bridgehead atoms. The molecule has 0 fully saturated rings. The van der Waals surface area contributed by atoms with E-state index in [1.165, 1.54) is 12.1 Å². The molecule has 1 atom stereocenters. The average Bonchev–Trinajstić information content (AvgIpc) is 2.15. The van der Waals surface area contributed by atoms with Crippen LogP contribution in [0.1, 0.15) is 39.3 Å². The van der Waals surface area contributed by atoms with Crippen LogP contribution in [0.4, 0.5) is 4.39 Å². The quantitative estimate of drug-likeness (QED) is 0.613. The summed E-state index contributed by atoms with van der Waals surface area (Å²) >= 11 is 0. The highest BCUT2D eigenvalue weighted by Crippen LogP contribution is 2.16. The first-order valence-corrected chi connectivity index (χ1v) is 5.65. The molecule has 0 spiro atoms. The third kappa shape index (κ3) is 4.85. The smallest absolute Gasteiger partial charge is 0.189 e. The lowest BCUT2D eigenvalue weighted by Gasteiger charge is -2.21. The molecule has 1 rings (SSSR count). The zero-order valence-electron chi connectivity index (χ0n) is 10.8. The number of nitrogens with one attached hydrogen (secondary N) is 1. The van der Waals surface area contributed by atoms with Crippen molar-refractivity contribution in [2.45, 2.75) is 39.3 Å². The summed E-state index contributed by atoms with van der Waals surface area (Å²) in [4.78, 5) is 4.32. The highest BCUT2D eigenvalue weighted by atomic mass is 19.1. The monoisotopic (exact) mass is 237 g/mol. The normalized spacial score (nSPS) is 14.5. The van der Waals surface area contributed by atoms with Crippen molar-refractivity contribution in [3.05, 3.63) is 35.6 Å². The summed E-state index contributed by atoms with van der Waals surface area (Å²) in [6, 6.07) is 6.19. The molecule has 0 aliphatic heterocycles. The van der Waals surface area contributed by atoms with Crippen molar-refractivity contribution < 1.29 is 4.39 Å². The van der Waals surface area contributed by atoms with E-state index in [9.17, 15) is 4.39 Å². The lowest BCUT2D eigenvalue weighted by atomic mass is 10.1. The summed E-state index contributed by atoms with van der Waals surface area (Å²) in [7, 11) is 0. The molecule has 0 radical (unpaired) electrons. The Morgan fingerprint density at radius 1 is 1.29 bits per heavy atom. The van der Waals surface area contributed by atoms with Gasteiger partial charge in [0.1, 0.15) is 5.82 Å². The number of nitrogens with two attached hydrogens (primary N) is 1. The average molecular weight is 237 g/mol. The predicted molar refractivity (Wildman–Crippen MR) is 69.3 cm³/mol. The van der Waals surface area contributed by atoms with E-state index in [1.807, 2.05) is 27.7 Å². The van der Waals surface area contributed by atoms with Gasteiger partial charge in [0.25, 0.3) is 0 Å².